The van der Waals surface area contributed by atoms with Crippen molar-refractivity contribution in [2.24, 2.45) is 0 Å². The van der Waals surface area contributed by atoms with Crippen molar-refractivity contribution in [1.29, 1.82) is 0 Å². The summed E-state index contributed by atoms with van der Waals surface area (Å²) in [5.41, 5.74) is 3.42. The van der Waals surface area contributed by atoms with Gasteiger partial charge in [-0.3, -0.25) is 9.59 Å². The zero-order valence-corrected chi connectivity index (χ0v) is 15.7. The number of Topliss-reactive ketones (excluding diaryl/α,β-unsaturated/α-hetero) is 1. The minimum absolute atomic E-state index is 0.0425. The first-order chi connectivity index (χ1) is 11.7. The van der Waals surface area contributed by atoms with Gasteiger partial charge in [-0.15, -0.1) is 0 Å². The van der Waals surface area contributed by atoms with Crippen molar-refractivity contribution in [3.8, 4) is 5.75 Å². The molecule has 0 aliphatic rings. The van der Waals surface area contributed by atoms with Crippen molar-refractivity contribution in [1.82, 2.24) is 10.3 Å². The van der Waals surface area contributed by atoms with Gasteiger partial charge in [-0.25, -0.2) is 0 Å². The number of hydrogen-bond donors (Lipinski definition) is 2. The van der Waals surface area contributed by atoms with Gasteiger partial charge in [0.1, 0.15) is 11.4 Å². The van der Waals surface area contributed by atoms with Crippen LogP contribution >= 0.6 is 0 Å². The van der Waals surface area contributed by atoms with Crippen molar-refractivity contribution in [3.05, 3.63) is 52.3 Å². The monoisotopic (exact) mass is 342 g/mol. The molecule has 1 aromatic heterocycles. The molecule has 0 saturated heterocycles. The average molecular weight is 342 g/mol. The lowest BCUT2D eigenvalue weighted by atomic mass is 10.1. The molecule has 1 amide bonds. The fraction of sp³-hybridized carbons (Fsp3) is 0.400. The zero-order chi connectivity index (χ0) is 18.7. The van der Waals surface area contributed by atoms with Crippen molar-refractivity contribution >= 4 is 11.7 Å². The molecule has 1 heterocycles. The third kappa shape index (κ3) is 4.29. The van der Waals surface area contributed by atoms with Crippen LogP contribution < -0.4 is 10.1 Å². The minimum atomic E-state index is -0.219. The van der Waals surface area contributed by atoms with Gasteiger partial charge in [-0.2, -0.15) is 0 Å². The lowest BCUT2D eigenvalue weighted by Gasteiger charge is -2.16. The van der Waals surface area contributed by atoms with Crippen LogP contribution in [-0.4, -0.2) is 22.8 Å². The molecular formula is C20H26N2O3. The molecule has 2 aromatic rings. The molecule has 1 unspecified atom stereocenters. The summed E-state index contributed by atoms with van der Waals surface area (Å²) in [7, 11) is 0. The topological polar surface area (TPSA) is 71.2 Å². The van der Waals surface area contributed by atoms with Crippen molar-refractivity contribution in [2.45, 2.75) is 53.7 Å². The van der Waals surface area contributed by atoms with Gasteiger partial charge in [0.25, 0.3) is 5.91 Å². The first kappa shape index (κ1) is 18.8. The molecule has 2 rings (SSSR count). The Kier molecular flexibility index (Phi) is 5.67. The Balaban J connectivity index is 2.12. The maximum atomic E-state index is 12.6. The molecule has 1 aromatic carbocycles. The van der Waals surface area contributed by atoms with Gasteiger partial charge in [0.15, 0.2) is 5.78 Å². The normalized spacial score (nSPS) is 12.1. The molecule has 5 nitrogen and oxygen atoms in total. The van der Waals surface area contributed by atoms with E-state index in [-0.39, 0.29) is 23.8 Å². The first-order valence-electron chi connectivity index (χ1n) is 8.48. The van der Waals surface area contributed by atoms with Gasteiger partial charge in [-0.05, 0) is 64.8 Å². The van der Waals surface area contributed by atoms with Gasteiger partial charge in [0, 0.05) is 11.3 Å². The standard InChI is InChI=1S/C20H26N2O3/c1-11(2)25-17-9-7-16(8-10-17)13(4)22-20(24)19-12(3)18(15(6)23)14(5)21-19/h7-11,13,21H,1-6H3,(H,22,24). The maximum absolute atomic E-state index is 12.6. The second-order valence-corrected chi connectivity index (χ2v) is 6.61. The summed E-state index contributed by atoms with van der Waals surface area (Å²) < 4.78 is 5.63. The molecule has 0 aliphatic heterocycles. The number of aryl methyl sites for hydroxylation is 1. The molecular weight excluding hydrogens is 316 g/mol. The quantitative estimate of drug-likeness (QED) is 0.776. The van der Waals surface area contributed by atoms with Crippen LogP contribution in [0.5, 0.6) is 5.75 Å². The van der Waals surface area contributed by atoms with Crippen molar-refractivity contribution in [2.75, 3.05) is 0 Å². The van der Waals surface area contributed by atoms with Gasteiger partial charge < -0.3 is 15.0 Å². The van der Waals surface area contributed by atoms with Crippen LogP contribution in [0.25, 0.3) is 0 Å². The fourth-order valence-electron chi connectivity index (χ4n) is 2.96. The van der Waals surface area contributed by atoms with Crippen LogP contribution in [0.15, 0.2) is 24.3 Å². The maximum Gasteiger partial charge on any atom is 0.268 e. The Hall–Kier alpha value is -2.56. The Morgan fingerprint density at radius 3 is 2.16 bits per heavy atom. The third-order valence-corrected chi connectivity index (χ3v) is 4.12. The van der Waals surface area contributed by atoms with Gasteiger partial charge in [0.05, 0.1) is 12.1 Å². The largest absolute Gasteiger partial charge is 0.491 e. The number of aromatic nitrogens is 1. The van der Waals surface area contributed by atoms with E-state index in [0.717, 1.165) is 17.0 Å². The molecule has 1 atom stereocenters. The van der Waals surface area contributed by atoms with Crippen LogP contribution in [0.4, 0.5) is 0 Å². The highest BCUT2D eigenvalue weighted by Crippen LogP contribution is 2.21. The summed E-state index contributed by atoms with van der Waals surface area (Å²) >= 11 is 0. The van der Waals surface area contributed by atoms with E-state index in [4.69, 9.17) is 4.74 Å². The average Bonchev–Trinajstić information content (AvgIpc) is 2.82. The number of amides is 1. The van der Waals surface area contributed by atoms with E-state index >= 15 is 0 Å². The van der Waals surface area contributed by atoms with Crippen molar-refractivity contribution < 1.29 is 14.3 Å². The van der Waals surface area contributed by atoms with Crippen LogP contribution in [0.3, 0.4) is 0 Å². The second-order valence-electron chi connectivity index (χ2n) is 6.61. The van der Waals surface area contributed by atoms with Gasteiger partial charge in [-0.1, -0.05) is 12.1 Å². The highest BCUT2D eigenvalue weighted by molar-refractivity contribution is 6.02. The number of ether oxygens (including phenoxy) is 1. The predicted octanol–water partition coefficient (Wildman–Crippen LogP) is 4.11. The highest BCUT2D eigenvalue weighted by Gasteiger charge is 2.21. The van der Waals surface area contributed by atoms with E-state index in [1.54, 1.807) is 13.8 Å². The van der Waals surface area contributed by atoms with Crippen LogP contribution in [0.2, 0.25) is 0 Å². The van der Waals surface area contributed by atoms with E-state index < -0.39 is 0 Å². The summed E-state index contributed by atoms with van der Waals surface area (Å²) in [6.45, 7) is 11.0. The number of carbonyl (C=O) groups excluding carboxylic acids is 2. The Bertz CT molecular complexity index is 773. The van der Waals surface area contributed by atoms with Gasteiger partial charge >= 0.3 is 0 Å². The minimum Gasteiger partial charge on any atom is -0.491 e. The first-order valence-corrected chi connectivity index (χ1v) is 8.48. The fourth-order valence-corrected chi connectivity index (χ4v) is 2.96. The second kappa shape index (κ2) is 7.55. The summed E-state index contributed by atoms with van der Waals surface area (Å²) in [5.74, 6) is 0.543. The summed E-state index contributed by atoms with van der Waals surface area (Å²) in [4.78, 5) is 27.3. The third-order valence-electron chi connectivity index (χ3n) is 4.12. The molecule has 0 bridgehead atoms. The van der Waals surface area contributed by atoms with Crippen LogP contribution in [0.1, 0.15) is 71.4 Å². The molecule has 25 heavy (non-hydrogen) atoms. The predicted molar refractivity (Wildman–Crippen MR) is 98.4 cm³/mol. The van der Waals surface area contributed by atoms with Gasteiger partial charge in [0.2, 0.25) is 0 Å². The SMILES string of the molecule is CC(=O)c1c(C)[nH]c(C(=O)NC(C)c2ccc(OC(C)C)cc2)c1C. The molecule has 0 saturated carbocycles. The molecule has 0 aliphatic carbocycles. The number of aromatic amines is 1. The molecule has 0 fully saturated rings. The zero-order valence-electron chi connectivity index (χ0n) is 15.7. The van der Waals surface area contributed by atoms with E-state index in [2.05, 4.69) is 10.3 Å². The number of ketones is 1. The molecule has 0 radical (unpaired) electrons. The van der Waals surface area contributed by atoms with Crippen molar-refractivity contribution in [3.63, 3.8) is 0 Å². The Morgan fingerprint density at radius 1 is 1.08 bits per heavy atom. The molecule has 134 valence electrons. The molecule has 5 heteroatoms. The van der Waals surface area contributed by atoms with E-state index in [1.165, 1.54) is 6.92 Å². The lowest BCUT2D eigenvalue weighted by Crippen LogP contribution is -2.27. The van der Waals surface area contributed by atoms with E-state index in [1.807, 2.05) is 45.0 Å². The molecule has 0 spiro atoms. The lowest BCUT2D eigenvalue weighted by molar-refractivity contribution is 0.0934. The Labute approximate surface area is 148 Å². The number of H-pyrrole nitrogens is 1. The number of rotatable bonds is 6. The number of benzene rings is 1. The number of hydrogen-bond acceptors (Lipinski definition) is 3. The summed E-state index contributed by atoms with van der Waals surface area (Å²) in [6.07, 6.45) is 0.123. The highest BCUT2D eigenvalue weighted by atomic mass is 16.5. The van der Waals surface area contributed by atoms with E-state index in [0.29, 0.717) is 16.8 Å². The smallest absolute Gasteiger partial charge is 0.268 e. The Morgan fingerprint density at radius 2 is 1.68 bits per heavy atom. The number of nitrogens with one attached hydrogen (secondary N) is 2. The summed E-state index contributed by atoms with van der Waals surface area (Å²) in [6, 6.07) is 7.52. The van der Waals surface area contributed by atoms with E-state index in [9.17, 15) is 9.59 Å². The number of carbonyl (C=O) groups is 2. The molecule has 2 N–H and O–H groups in total. The van der Waals surface area contributed by atoms with Crippen LogP contribution in [-0.2, 0) is 0 Å². The summed E-state index contributed by atoms with van der Waals surface area (Å²) in [5, 5.41) is 2.97. The van der Waals surface area contributed by atoms with Crippen LogP contribution in [0, 0.1) is 13.8 Å².